The first-order valence-electron chi connectivity index (χ1n) is 6.34. The van der Waals surface area contributed by atoms with Gasteiger partial charge in [0.05, 0.1) is 18.0 Å². The molecule has 0 spiro atoms. The second-order valence-corrected chi connectivity index (χ2v) is 4.44. The number of rotatable bonds is 4. The molecule has 110 valence electrons. The SMILES string of the molecule is Nc1ccccc1N(CCO)C(=O)c1ccc(O)c(O)c1. The van der Waals surface area contributed by atoms with Gasteiger partial charge in [-0.1, -0.05) is 12.1 Å². The summed E-state index contributed by atoms with van der Waals surface area (Å²) < 4.78 is 0. The van der Waals surface area contributed by atoms with E-state index < -0.39 is 5.91 Å². The van der Waals surface area contributed by atoms with Gasteiger partial charge in [0.25, 0.3) is 5.91 Å². The molecule has 0 saturated carbocycles. The Labute approximate surface area is 121 Å². The molecule has 0 fully saturated rings. The van der Waals surface area contributed by atoms with Gasteiger partial charge in [0.15, 0.2) is 11.5 Å². The topological polar surface area (TPSA) is 107 Å². The van der Waals surface area contributed by atoms with Crippen LogP contribution in [0.5, 0.6) is 11.5 Å². The summed E-state index contributed by atoms with van der Waals surface area (Å²) in [4.78, 5) is 13.8. The number of anilines is 2. The zero-order valence-electron chi connectivity index (χ0n) is 11.2. The molecule has 6 nitrogen and oxygen atoms in total. The number of nitrogens with zero attached hydrogens (tertiary/aromatic N) is 1. The number of phenols is 2. The normalized spacial score (nSPS) is 10.3. The molecule has 21 heavy (non-hydrogen) atoms. The maximum absolute atomic E-state index is 12.5. The molecule has 6 heteroatoms. The van der Waals surface area contributed by atoms with Crippen LogP contribution in [0.15, 0.2) is 42.5 Å². The van der Waals surface area contributed by atoms with Crippen LogP contribution in [0.2, 0.25) is 0 Å². The molecule has 0 saturated heterocycles. The molecule has 2 aromatic carbocycles. The molecule has 0 unspecified atom stereocenters. The van der Waals surface area contributed by atoms with Crippen LogP contribution in [0.4, 0.5) is 11.4 Å². The Balaban J connectivity index is 2.40. The zero-order valence-corrected chi connectivity index (χ0v) is 11.2. The predicted octanol–water partition coefficient (Wildman–Crippen LogP) is 1.32. The summed E-state index contributed by atoms with van der Waals surface area (Å²) in [6.07, 6.45) is 0. The van der Waals surface area contributed by atoms with E-state index in [1.807, 2.05) is 0 Å². The quantitative estimate of drug-likeness (QED) is 0.501. The van der Waals surface area contributed by atoms with E-state index in [4.69, 9.17) is 10.8 Å². The van der Waals surface area contributed by atoms with Crippen LogP contribution < -0.4 is 10.6 Å². The molecule has 0 bridgehead atoms. The third kappa shape index (κ3) is 3.06. The number of benzene rings is 2. The van der Waals surface area contributed by atoms with E-state index in [2.05, 4.69) is 0 Å². The van der Waals surface area contributed by atoms with Gasteiger partial charge in [-0.15, -0.1) is 0 Å². The lowest BCUT2D eigenvalue weighted by Crippen LogP contribution is -2.34. The Hall–Kier alpha value is -2.73. The van der Waals surface area contributed by atoms with Crippen molar-refractivity contribution in [2.24, 2.45) is 0 Å². The highest BCUT2D eigenvalue weighted by Crippen LogP contribution is 2.28. The van der Waals surface area contributed by atoms with Gasteiger partial charge >= 0.3 is 0 Å². The molecule has 0 aliphatic carbocycles. The Morgan fingerprint density at radius 3 is 2.43 bits per heavy atom. The molecule has 2 rings (SSSR count). The van der Waals surface area contributed by atoms with Crippen molar-refractivity contribution in [1.29, 1.82) is 0 Å². The highest BCUT2D eigenvalue weighted by Gasteiger charge is 2.20. The molecular weight excluding hydrogens is 272 g/mol. The van der Waals surface area contributed by atoms with Gasteiger partial charge in [-0.3, -0.25) is 4.79 Å². The smallest absolute Gasteiger partial charge is 0.258 e. The first-order valence-corrected chi connectivity index (χ1v) is 6.34. The third-order valence-electron chi connectivity index (χ3n) is 3.02. The number of aliphatic hydroxyl groups is 1. The second-order valence-electron chi connectivity index (χ2n) is 4.44. The van der Waals surface area contributed by atoms with Gasteiger partial charge in [-0.05, 0) is 30.3 Å². The van der Waals surface area contributed by atoms with Crippen LogP contribution in [0.1, 0.15) is 10.4 Å². The van der Waals surface area contributed by atoms with Crippen molar-refractivity contribution in [3.8, 4) is 11.5 Å². The summed E-state index contributed by atoms with van der Waals surface area (Å²) in [5.41, 5.74) is 6.92. The predicted molar refractivity (Wildman–Crippen MR) is 79.4 cm³/mol. The van der Waals surface area contributed by atoms with E-state index in [0.717, 1.165) is 0 Å². The van der Waals surface area contributed by atoms with Gasteiger partial charge < -0.3 is 26.0 Å². The zero-order chi connectivity index (χ0) is 15.4. The number of carbonyl (C=O) groups is 1. The number of carbonyl (C=O) groups excluding carboxylic acids is 1. The minimum atomic E-state index is -0.433. The fourth-order valence-electron chi connectivity index (χ4n) is 1.98. The number of para-hydroxylation sites is 2. The van der Waals surface area contributed by atoms with Gasteiger partial charge in [-0.2, -0.15) is 0 Å². The Bertz CT molecular complexity index is 658. The summed E-state index contributed by atoms with van der Waals surface area (Å²) in [6, 6.07) is 10.6. The maximum atomic E-state index is 12.5. The molecule has 2 aromatic rings. The monoisotopic (exact) mass is 288 g/mol. The molecule has 0 aliphatic heterocycles. The first kappa shape index (κ1) is 14.7. The van der Waals surface area contributed by atoms with Crippen molar-refractivity contribution >= 4 is 17.3 Å². The van der Waals surface area contributed by atoms with Gasteiger partial charge in [0, 0.05) is 12.1 Å². The van der Waals surface area contributed by atoms with E-state index in [1.54, 1.807) is 24.3 Å². The Morgan fingerprint density at radius 1 is 1.10 bits per heavy atom. The molecule has 0 atom stereocenters. The number of hydrogen-bond acceptors (Lipinski definition) is 5. The van der Waals surface area contributed by atoms with Crippen LogP contribution in [-0.2, 0) is 0 Å². The lowest BCUT2D eigenvalue weighted by Gasteiger charge is -2.23. The number of amides is 1. The van der Waals surface area contributed by atoms with E-state index in [-0.39, 0.29) is 30.2 Å². The van der Waals surface area contributed by atoms with Crippen LogP contribution >= 0.6 is 0 Å². The summed E-state index contributed by atoms with van der Waals surface area (Å²) in [5, 5.41) is 27.9. The molecule has 1 amide bonds. The molecule has 0 aromatic heterocycles. The van der Waals surface area contributed by atoms with E-state index in [0.29, 0.717) is 11.4 Å². The Morgan fingerprint density at radius 2 is 1.81 bits per heavy atom. The van der Waals surface area contributed by atoms with Gasteiger partial charge in [0.1, 0.15) is 0 Å². The van der Waals surface area contributed by atoms with Crippen molar-refractivity contribution in [1.82, 2.24) is 0 Å². The summed E-state index contributed by atoms with van der Waals surface area (Å²) >= 11 is 0. The van der Waals surface area contributed by atoms with Crippen LogP contribution in [0, 0.1) is 0 Å². The molecule has 0 heterocycles. The van der Waals surface area contributed by atoms with E-state index in [1.165, 1.54) is 23.1 Å². The minimum absolute atomic E-state index is 0.0642. The lowest BCUT2D eigenvalue weighted by atomic mass is 10.1. The fourth-order valence-corrected chi connectivity index (χ4v) is 1.98. The lowest BCUT2D eigenvalue weighted by molar-refractivity contribution is 0.0980. The maximum Gasteiger partial charge on any atom is 0.258 e. The summed E-state index contributed by atoms with van der Waals surface area (Å²) in [5.74, 6) is -1.12. The average Bonchev–Trinajstić information content (AvgIpc) is 2.48. The minimum Gasteiger partial charge on any atom is -0.504 e. The van der Waals surface area contributed by atoms with Crippen LogP contribution in [-0.4, -0.2) is 34.4 Å². The highest BCUT2D eigenvalue weighted by atomic mass is 16.3. The Kier molecular flexibility index (Phi) is 4.30. The number of aliphatic hydroxyl groups excluding tert-OH is 1. The molecule has 0 aliphatic rings. The van der Waals surface area contributed by atoms with E-state index in [9.17, 15) is 15.0 Å². The molecular formula is C15H16N2O4. The number of phenolic OH excluding ortho intramolecular Hbond substituents is 2. The average molecular weight is 288 g/mol. The summed E-state index contributed by atoms with van der Waals surface area (Å²) in [7, 11) is 0. The van der Waals surface area contributed by atoms with Crippen molar-refractivity contribution in [2.75, 3.05) is 23.8 Å². The van der Waals surface area contributed by atoms with Crippen molar-refractivity contribution in [3.63, 3.8) is 0 Å². The molecule has 0 radical (unpaired) electrons. The number of aromatic hydroxyl groups is 2. The standard InChI is InChI=1S/C15H16N2O4/c16-11-3-1-2-4-12(11)17(7-8-18)15(21)10-5-6-13(19)14(20)9-10/h1-6,9,18-20H,7-8,16H2. The van der Waals surface area contributed by atoms with Crippen LogP contribution in [0.25, 0.3) is 0 Å². The number of hydrogen-bond donors (Lipinski definition) is 4. The van der Waals surface area contributed by atoms with Crippen LogP contribution in [0.3, 0.4) is 0 Å². The molecule has 5 N–H and O–H groups in total. The summed E-state index contributed by atoms with van der Waals surface area (Å²) in [6.45, 7) is -0.168. The van der Waals surface area contributed by atoms with E-state index >= 15 is 0 Å². The highest BCUT2D eigenvalue weighted by molar-refractivity contribution is 6.07. The number of nitrogens with two attached hydrogens (primary N) is 1. The van der Waals surface area contributed by atoms with Crippen molar-refractivity contribution in [2.45, 2.75) is 0 Å². The van der Waals surface area contributed by atoms with Gasteiger partial charge in [-0.25, -0.2) is 0 Å². The van der Waals surface area contributed by atoms with Crippen molar-refractivity contribution < 1.29 is 20.1 Å². The van der Waals surface area contributed by atoms with Crippen molar-refractivity contribution in [3.05, 3.63) is 48.0 Å². The second kappa shape index (κ2) is 6.15. The van der Waals surface area contributed by atoms with Gasteiger partial charge in [0.2, 0.25) is 0 Å². The fraction of sp³-hybridized carbons (Fsp3) is 0.133. The number of nitrogen functional groups attached to an aromatic ring is 1. The largest absolute Gasteiger partial charge is 0.504 e. The first-order chi connectivity index (χ1) is 10.0. The third-order valence-corrected chi connectivity index (χ3v) is 3.02.